The van der Waals surface area contributed by atoms with Crippen LogP contribution in [-0.4, -0.2) is 43.3 Å². The van der Waals surface area contributed by atoms with Crippen LogP contribution >= 0.6 is 11.6 Å². The highest BCUT2D eigenvalue weighted by molar-refractivity contribution is 7.91. The van der Waals surface area contributed by atoms with Crippen molar-refractivity contribution >= 4 is 33.0 Å². The lowest BCUT2D eigenvalue weighted by Gasteiger charge is -2.33. The second kappa shape index (κ2) is 5.02. The summed E-state index contributed by atoms with van der Waals surface area (Å²) < 4.78 is 23.0. The molecule has 2 N–H and O–H groups in total. The molecule has 5 nitrogen and oxygen atoms in total. The monoisotopic (exact) mass is 302 g/mol. The molecule has 1 unspecified atom stereocenters. The van der Waals surface area contributed by atoms with Crippen LogP contribution in [0.5, 0.6) is 0 Å². The maximum Gasteiger partial charge on any atom is 0.256 e. The van der Waals surface area contributed by atoms with Gasteiger partial charge in [-0.3, -0.25) is 4.79 Å². The third kappa shape index (κ3) is 2.84. The second-order valence-corrected chi connectivity index (χ2v) is 7.30. The Bertz CT molecular complexity index is 615. The maximum atomic E-state index is 12.4. The highest BCUT2D eigenvalue weighted by atomic mass is 35.5. The van der Waals surface area contributed by atoms with Crippen LogP contribution in [0.4, 0.5) is 5.69 Å². The number of hydrogen-bond acceptors (Lipinski definition) is 4. The molecule has 1 heterocycles. The lowest BCUT2D eigenvalue weighted by Crippen LogP contribution is -2.49. The fourth-order valence-electron chi connectivity index (χ4n) is 2.18. The summed E-state index contributed by atoms with van der Waals surface area (Å²) in [6.45, 7) is 1.91. The van der Waals surface area contributed by atoms with E-state index in [4.69, 9.17) is 17.3 Å². The van der Waals surface area contributed by atoms with Gasteiger partial charge in [-0.05, 0) is 19.1 Å². The van der Waals surface area contributed by atoms with E-state index < -0.39 is 9.84 Å². The van der Waals surface area contributed by atoms with Crippen molar-refractivity contribution in [3.05, 3.63) is 28.8 Å². The quantitative estimate of drug-likeness (QED) is 0.790. The predicted octanol–water partition coefficient (Wildman–Crippen LogP) is 1.18. The highest BCUT2D eigenvalue weighted by Crippen LogP contribution is 2.25. The first-order chi connectivity index (χ1) is 8.82. The van der Waals surface area contributed by atoms with E-state index in [1.165, 1.54) is 4.90 Å². The van der Waals surface area contributed by atoms with Crippen LogP contribution in [0, 0.1) is 0 Å². The first-order valence-electron chi connectivity index (χ1n) is 5.87. The van der Waals surface area contributed by atoms with E-state index in [1.54, 1.807) is 25.1 Å². The number of anilines is 1. The molecule has 7 heteroatoms. The summed E-state index contributed by atoms with van der Waals surface area (Å²) in [6, 6.07) is 4.50. The SMILES string of the molecule is CC1CS(=O)(=O)CCN1C(=O)c1cccc(Cl)c1N. The van der Waals surface area contributed by atoms with Crippen molar-refractivity contribution in [1.29, 1.82) is 0 Å². The molecule has 1 fully saturated rings. The lowest BCUT2D eigenvalue weighted by molar-refractivity contribution is 0.0713. The van der Waals surface area contributed by atoms with E-state index in [0.717, 1.165) is 0 Å². The first kappa shape index (κ1) is 14.1. The van der Waals surface area contributed by atoms with Crippen LogP contribution in [0.3, 0.4) is 0 Å². The molecule has 19 heavy (non-hydrogen) atoms. The van der Waals surface area contributed by atoms with Gasteiger partial charge >= 0.3 is 0 Å². The molecule has 1 saturated heterocycles. The van der Waals surface area contributed by atoms with Gasteiger partial charge in [0.1, 0.15) is 0 Å². The van der Waals surface area contributed by atoms with E-state index in [9.17, 15) is 13.2 Å². The summed E-state index contributed by atoms with van der Waals surface area (Å²) in [5.74, 6) is -0.301. The third-order valence-corrected chi connectivity index (χ3v) is 5.34. The summed E-state index contributed by atoms with van der Waals surface area (Å²) in [7, 11) is -3.05. The van der Waals surface area contributed by atoms with Gasteiger partial charge < -0.3 is 10.6 Å². The van der Waals surface area contributed by atoms with Gasteiger partial charge in [0.2, 0.25) is 0 Å². The van der Waals surface area contributed by atoms with Crippen molar-refractivity contribution in [3.8, 4) is 0 Å². The van der Waals surface area contributed by atoms with Crippen LogP contribution in [0.1, 0.15) is 17.3 Å². The van der Waals surface area contributed by atoms with Crippen molar-refractivity contribution in [2.24, 2.45) is 0 Å². The fraction of sp³-hybridized carbons (Fsp3) is 0.417. The first-order valence-corrected chi connectivity index (χ1v) is 8.07. The minimum atomic E-state index is -3.05. The molecule has 1 amide bonds. The summed E-state index contributed by atoms with van der Waals surface area (Å²) in [5.41, 5.74) is 6.34. The maximum absolute atomic E-state index is 12.4. The van der Waals surface area contributed by atoms with Crippen molar-refractivity contribution in [2.75, 3.05) is 23.8 Å². The molecule has 2 rings (SSSR count). The van der Waals surface area contributed by atoms with E-state index in [1.807, 2.05) is 0 Å². The van der Waals surface area contributed by atoms with Gasteiger partial charge in [-0.1, -0.05) is 17.7 Å². The van der Waals surface area contributed by atoms with Crippen LogP contribution in [0.15, 0.2) is 18.2 Å². The lowest BCUT2D eigenvalue weighted by atomic mass is 10.1. The summed E-state index contributed by atoms with van der Waals surface area (Å²) in [5, 5.41) is 0.322. The normalized spacial score (nSPS) is 22.2. The Morgan fingerprint density at radius 3 is 2.79 bits per heavy atom. The molecule has 1 aliphatic heterocycles. The summed E-state index contributed by atoms with van der Waals surface area (Å²) in [4.78, 5) is 13.9. The molecule has 1 atom stereocenters. The molecule has 1 aromatic carbocycles. The minimum Gasteiger partial charge on any atom is -0.397 e. The van der Waals surface area contributed by atoms with Gasteiger partial charge in [0.15, 0.2) is 9.84 Å². The van der Waals surface area contributed by atoms with Crippen LogP contribution in [0.2, 0.25) is 5.02 Å². The number of nitrogen functional groups attached to an aromatic ring is 1. The number of halogens is 1. The Balaban J connectivity index is 2.28. The number of carbonyl (C=O) groups is 1. The number of nitrogens with two attached hydrogens (primary N) is 1. The topological polar surface area (TPSA) is 80.5 Å². The van der Waals surface area contributed by atoms with E-state index in [2.05, 4.69) is 0 Å². The Kier molecular flexibility index (Phi) is 3.73. The minimum absolute atomic E-state index is 0.0104. The van der Waals surface area contributed by atoms with Crippen molar-refractivity contribution in [2.45, 2.75) is 13.0 Å². The molecule has 1 aliphatic rings. The summed E-state index contributed by atoms with van der Waals surface area (Å²) >= 11 is 5.89. The van der Waals surface area contributed by atoms with Crippen molar-refractivity contribution in [1.82, 2.24) is 4.90 Å². The average molecular weight is 303 g/mol. The zero-order valence-corrected chi connectivity index (χ0v) is 12.0. The van der Waals surface area contributed by atoms with Gasteiger partial charge in [0.25, 0.3) is 5.91 Å². The molecule has 0 saturated carbocycles. The Morgan fingerprint density at radius 1 is 1.47 bits per heavy atom. The number of nitrogens with zero attached hydrogens (tertiary/aromatic N) is 1. The number of carbonyl (C=O) groups excluding carboxylic acids is 1. The molecular formula is C12H15ClN2O3S. The third-order valence-electron chi connectivity index (χ3n) is 3.21. The Labute approximate surface area is 117 Å². The van der Waals surface area contributed by atoms with Gasteiger partial charge in [-0.15, -0.1) is 0 Å². The molecule has 0 aromatic heterocycles. The zero-order chi connectivity index (χ0) is 14.2. The smallest absolute Gasteiger partial charge is 0.256 e. The molecule has 104 valence electrons. The fourth-order valence-corrected chi connectivity index (χ4v) is 3.91. The number of hydrogen-bond donors (Lipinski definition) is 1. The standard InChI is InChI=1S/C12H15ClN2O3S/c1-8-7-19(17,18)6-5-15(8)12(16)9-3-2-4-10(13)11(9)14/h2-4,8H,5-7,14H2,1H3. The molecular weight excluding hydrogens is 288 g/mol. The van der Waals surface area contributed by atoms with Crippen molar-refractivity contribution in [3.63, 3.8) is 0 Å². The molecule has 0 bridgehead atoms. The van der Waals surface area contributed by atoms with Crippen LogP contribution < -0.4 is 5.73 Å². The van der Waals surface area contributed by atoms with Crippen molar-refractivity contribution < 1.29 is 13.2 Å². The van der Waals surface area contributed by atoms with Gasteiger partial charge in [-0.2, -0.15) is 0 Å². The Hall–Kier alpha value is -1.27. The van der Waals surface area contributed by atoms with Gasteiger partial charge in [0, 0.05) is 12.6 Å². The number of rotatable bonds is 1. The molecule has 0 aliphatic carbocycles. The zero-order valence-electron chi connectivity index (χ0n) is 10.5. The van der Waals surface area contributed by atoms with E-state index >= 15 is 0 Å². The number of amides is 1. The summed E-state index contributed by atoms with van der Waals surface area (Å²) in [6.07, 6.45) is 0. The molecule has 0 radical (unpaired) electrons. The molecule has 1 aromatic rings. The van der Waals surface area contributed by atoms with E-state index in [-0.39, 0.29) is 35.7 Å². The average Bonchev–Trinajstić information content (AvgIpc) is 2.31. The van der Waals surface area contributed by atoms with Crippen LogP contribution in [-0.2, 0) is 9.84 Å². The number of benzene rings is 1. The van der Waals surface area contributed by atoms with Gasteiger partial charge in [0.05, 0.1) is 27.8 Å². The van der Waals surface area contributed by atoms with Gasteiger partial charge in [-0.25, -0.2) is 8.42 Å². The molecule has 0 spiro atoms. The predicted molar refractivity (Wildman–Crippen MR) is 75.0 cm³/mol. The highest BCUT2D eigenvalue weighted by Gasteiger charge is 2.32. The number of sulfone groups is 1. The second-order valence-electron chi connectivity index (χ2n) is 4.66. The largest absolute Gasteiger partial charge is 0.397 e. The number of para-hydroxylation sites is 1. The Morgan fingerprint density at radius 2 is 2.16 bits per heavy atom. The van der Waals surface area contributed by atoms with E-state index in [0.29, 0.717) is 10.6 Å². The van der Waals surface area contributed by atoms with Crippen LogP contribution in [0.25, 0.3) is 0 Å².